The van der Waals surface area contributed by atoms with Crippen LogP contribution in [-0.2, 0) is 23.8 Å². The molecular weight excluding hydrogens is 365 g/mol. The zero-order valence-corrected chi connectivity index (χ0v) is 15.2. The van der Waals surface area contributed by atoms with Crippen molar-refractivity contribution in [2.24, 2.45) is 5.92 Å². The van der Waals surface area contributed by atoms with E-state index in [0.29, 0.717) is 24.2 Å². The molecule has 142 valence electrons. The lowest BCUT2D eigenvalue weighted by Crippen LogP contribution is -2.31. The van der Waals surface area contributed by atoms with E-state index in [1.807, 2.05) is 12.1 Å². The number of nitrogens with one attached hydrogen (secondary N) is 1. The number of benzene rings is 2. The van der Waals surface area contributed by atoms with Crippen molar-refractivity contribution in [3.8, 4) is 0 Å². The first-order valence-corrected chi connectivity index (χ1v) is 8.04. The van der Waals surface area contributed by atoms with Gasteiger partial charge in [-0.2, -0.15) is 13.2 Å². The Morgan fingerprint density at radius 2 is 1.77 bits per heavy atom. The lowest BCUT2D eigenvalue weighted by molar-refractivity contribution is -0.137. The van der Waals surface area contributed by atoms with Crippen LogP contribution in [-0.4, -0.2) is 12.5 Å². The second-order valence-corrected chi connectivity index (χ2v) is 6.09. The van der Waals surface area contributed by atoms with Gasteiger partial charge < -0.3 is 11.1 Å². The summed E-state index contributed by atoms with van der Waals surface area (Å²) in [7, 11) is 0. The maximum absolute atomic E-state index is 12.7. The Morgan fingerprint density at radius 3 is 2.38 bits per heavy atom. The second-order valence-electron chi connectivity index (χ2n) is 6.09. The minimum atomic E-state index is -4.37. The molecule has 0 spiro atoms. The summed E-state index contributed by atoms with van der Waals surface area (Å²) in [6.45, 7) is 2.18. The van der Waals surface area contributed by atoms with Crippen molar-refractivity contribution in [3.63, 3.8) is 0 Å². The fourth-order valence-electron chi connectivity index (χ4n) is 2.51. The van der Waals surface area contributed by atoms with Crippen LogP contribution in [0.4, 0.5) is 18.9 Å². The van der Waals surface area contributed by atoms with Crippen LogP contribution in [0.2, 0.25) is 0 Å². The van der Waals surface area contributed by atoms with Crippen LogP contribution in [0.1, 0.15) is 23.6 Å². The maximum Gasteiger partial charge on any atom is 0.416 e. The van der Waals surface area contributed by atoms with Crippen molar-refractivity contribution in [2.75, 3.05) is 12.3 Å². The number of rotatable bonds is 6. The Labute approximate surface area is 157 Å². The predicted octanol–water partition coefficient (Wildman–Crippen LogP) is 4.25. The molecule has 0 aliphatic heterocycles. The molecule has 2 rings (SSSR count). The Hall–Kier alpha value is -2.21. The number of amides is 1. The molecule has 0 aliphatic carbocycles. The van der Waals surface area contributed by atoms with Gasteiger partial charge in [0, 0.05) is 18.2 Å². The van der Waals surface area contributed by atoms with Gasteiger partial charge in [-0.25, -0.2) is 0 Å². The fraction of sp³-hybridized carbons (Fsp3) is 0.316. The third-order valence-corrected chi connectivity index (χ3v) is 3.94. The van der Waals surface area contributed by atoms with E-state index in [1.54, 1.807) is 25.1 Å². The molecule has 7 heteroatoms. The SMILES string of the molecule is CC(Cc1cccc(C(F)(F)F)c1)C(=O)NCCc1ccc(N)cc1.Cl. The molecule has 0 bridgehead atoms. The van der Waals surface area contributed by atoms with Gasteiger partial charge in [0.25, 0.3) is 0 Å². The predicted molar refractivity (Wildman–Crippen MR) is 99.1 cm³/mol. The quantitative estimate of drug-likeness (QED) is 0.729. The van der Waals surface area contributed by atoms with Crippen LogP contribution in [0.25, 0.3) is 0 Å². The van der Waals surface area contributed by atoms with Crippen LogP contribution >= 0.6 is 12.4 Å². The summed E-state index contributed by atoms with van der Waals surface area (Å²) in [5, 5.41) is 2.82. The van der Waals surface area contributed by atoms with Gasteiger partial charge in [-0.05, 0) is 42.2 Å². The first-order chi connectivity index (χ1) is 11.8. The maximum atomic E-state index is 12.7. The lowest BCUT2D eigenvalue weighted by Gasteiger charge is -2.14. The summed E-state index contributed by atoms with van der Waals surface area (Å²) in [5.74, 6) is -0.581. The zero-order valence-electron chi connectivity index (χ0n) is 14.3. The van der Waals surface area contributed by atoms with Gasteiger partial charge in [0.05, 0.1) is 5.56 Å². The van der Waals surface area contributed by atoms with Crippen LogP contribution in [0, 0.1) is 5.92 Å². The van der Waals surface area contributed by atoms with Gasteiger partial charge in [0.15, 0.2) is 0 Å². The van der Waals surface area contributed by atoms with E-state index >= 15 is 0 Å². The van der Waals surface area contributed by atoms with Gasteiger partial charge in [-0.1, -0.05) is 37.3 Å². The summed E-state index contributed by atoms with van der Waals surface area (Å²) in [4.78, 5) is 12.1. The summed E-state index contributed by atoms with van der Waals surface area (Å²) in [6.07, 6.45) is -3.44. The van der Waals surface area contributed by atoms with Crippen molar-refractivity contribution < 1.29 is 18.0 Å². The number of alkyl halides is 3. The molecule has 0 aliphatic rings. The monoisotopic (exact) mass is 386 g/mol. The van der Waals surface area contributed by atoms with Crippen LogP contribution in [0.3, 0.4) is 0 Å². The Kier molecular flexibility index (Phi) is 7.96. The number of nitrogens with two attached hydrogens (primary N) is 1. The number of anilines is 1. The van der Waals surface area contributed by atoms with Crippen molar-refractivity contribution in [3.05, 3.63) is 65.2 Å². The lowest BCUT2D eigenvalue weighted by atomic mass is 9.98. The molecule has 3 nitrogen and oxygen atoms in total. The number of hydrogen-bond acceptors (Lipinski definition) is 2. The average Bonchev–Trinajstić information content (AvgIpc) is 2.56. The molecule has 3 N–H and O–H groups in total. The summed E-state index contributed by atoms with van der Waals surface area (Å²) in [5.41, 5.74) is 7.16. The van der Waals surface area contributed by atoms with E-state index in [9.17, 15) is 18.0 Å². The molecule has 1 amide bonds. The largest absolute Gasteiger partial charge is 0.416 e. The molecule has 1 unspecified atom stereocenters. The third kappa shape index (κ3) is 6.59. The van der Waals surface area contributed by atoms with Gasteiger partial charge in [0.2, 0.25) is 5.91 Å². The molecular formula is C19H22ClF3N2O. The normalized spacial score (nSPS) is 12.2. The van der Waals surface area contributed by atoms with Crippen molar-refractivity contribution in [1.29, 1.82) is 0 Å². The number of halogens is 4. The smallest absolute Gasteiger partial charge is 0.399 e. The van der Waals surface area contributed by atoms with Crippen LogP contribution < -0.4 is 11.1 Å². The van der Waals surface area contributed by atoms with E-state index in [2.05, 4.69) is 5.32 Å². The molecule has 0 heterocycles. The molecule has 0 fully saturated rings. The summed E-state index contributed by atoms with van der Waals surface area (Å²) < 4.78 is 38.2. The van der Waals surface area contributed by atoms with E-state index in [-0.39, 0.29) is 24.7 Å². The minimum Gasteiger partial charge on any atom is -0.399 e. The Balaban J connectivity index is 0.00000338. The minimum absolute atomic E-state index is 0. The first-order valence-electron chi connectivity index (χ1n) is 8.04. The molecule has 0 aromatic heterocycles. The van der Waals surface area contributed by atoms with E-state index in [4.69, 9.17) is 5.73 Å². The molecule has 1 atom stereocenters. The van der Waals surface area contributed by atoms with Gasteiger partial charge in [0.1, 0.15) is 0 Å². The molecule has 0 saturated heterocycles. The number of hydrogen-bond donors (Lipinski definition) is 2. The Bertz CT molecular complexity index is 717. The van der Waals surface area contributed by atoms with Gasteiger partial charge in [-0.15, -0.1) is 12.4 Å². The van der Waals surface area contributed by atoms with E-state index < -0.39 is 17.7 Å². The topological polar surface area (TPSA) is 55.1 Å². The summed E-state index contributed by atoms with van der Waals surface area (Å²) in [6, 6.07) is 12.5. The highest BCUT2D eigenvalue weighted by molar-refractivity contribution is 5.85. The molecule has 0 radical (unpaired) electrons. The molecule has 0 saturated carbocycles. The third-order valence-electron chi connectivity index (χ3n) is 3.94. The van der Waals surface area contributed by atoms with E-state index in [0.717, 1.165) is 17.7 Å². The first kappa shape index (κ1) is 21.8. The average molecular weight is 387 g/mol. The zero-order chi connectivity index (χ0) is 18.4. The number of carbonyl (C=O) groups is 1. The summed E-state index contributed by atoms with van der Waals surface area (Å²) >= 11 is 0. The fourth-order valence-corrected chi connectivity index (χ4v) is 2.51. The van der Waals surface area contributed by atoms with E-state index in [1.165, 1.54) is 6.07 Å². The van der Waals surface area contributed by atoms with Crippen molar-refractivity contribution in [2.45, 2.75) is 25.9 Å². The standard InChI is InChI=1S/C19H21F3N2O.ClH/c1-13(11-15-3-2-4-16(12-15)19(20,21)22)18(25)24-10-9-14-5-7-17(23)8-6-14;/h2-8,12-13H,9-11,23H2,1H3,(H,24,25);1H. The van der Waals surface area contributed by atoms with Gasteiger partial charge >= 0.3 is 6.18 Å². The van der Waals surface area contributed by atoms with Gasteiger partial charge in [-0.3, -0.25) is 4.79 Å². The molecule has 26 heavy (non-hydrogen) atoms. The van der Waals surface area contributed by atoms with Crippen molar-refractivity contribution in [1.82, 2.24) is 5.32 Å². The second kappa shape index (κ2) is 9.48. The van der Waals surface area contributed by atoms with Crippen LogP contribution in [0.5, 0.6) is 0 Å². The van der Waals surface area contributed by atoms with Crippen LogP contribution in [0.15, 0.2) is 48.5 Å². The highest BCUT2D eigenvalue weighted by atomic mass is 35.5. The van der Waals surface area contributed by atoms with Crippen molar-refractivity contribution >= 4 is 24.0 Å². The highest BCUT2D eigenvalue weighted by Crippen LogP contribution is 2.30. The Morgan fingerprint density at radius 1 is 1.12 bits per heavy atom. The number of nitrogen functional groups attached to an aromatic ring is 1. The number of carbonyl (C=O) groups excluding carboxylic acids is 1. The highest BCUT2D eigenvalue weighted by Gasteiger charge is 2.30. The molecule has 2 aromatic carbocycles. The molecule has 2 aromatic rings.